The van der Waals surface area contributed by atoms with Crippen LogP contribution in [0, 0.1) is 0 Å². The maximum atomic E-state index is 8.42. The highest BCUT2D eigenvalue weighted by atomic mass is 16.4. The minimum absolute atomic E-state index is 0.222. The Morgan fingerprint density at radius 2 is 1.60 bits per heavy atom. The summed E-state index contributed by atoms with van der Waals surface area (Å²) in [6.07, 6.45) is 2.10. The first-order valence-electron chi connectivity index (χ1n) is 2.24. The molecule has 56 valence electrons. The van der Waals surface area contributed by atoms with E-state index in [1.807, 2.05) is 0 Å². The van der Waals surface area contributed by atoms with Crippen molar-refractivity contribution >= 4 is 6.47 Å². The van der Waals surface area contributed by atoms with E-state index in [0.29, 0.717) is 0 Å². The van der Waals surface area contributed by atoms with E-state index in [1.54, 1.807) is 0 Å². The Hall–Kier alpha value is -1.65. The van der Waals surface area contributed by atoms with Crippen molar-refractivity contribution in [3.05, 3.63) is 12.5 Å². The molecule has 0 aliphatic heterocycles. The van der Waals surface area contributed by atoms with Gasteiger partial charge < -0.3 is 19.7 Å². The zero-order valence-corrected chi connectivity index (χ0v) is 4.89. The van der Waals surface area contributed by atoms with Gasteiger partial charge in [0, 0.05) is 0 Å². The summed E-state index contributed by atoms with van der Waals surface area (Å²) in [5, 5.41) is 23.7. The Morgan fingerprint density at radius 3 is 1.70 bits per heavy atom. The second kappa shape index (κ2) is 4.25. The molecule has 0 spiro atoms. The highest BCUT2D eigenvalue weighted by Crippen LogP contribution is 2.23. The Kier molecular flexibility index (Phi) is 3.55. The molecule has 5 heteroatoms. The summed E-state index contributed by atoms with van der Waals surface area (Å²) in [5.74, 6) is -0.444. The van der Waals surface area contributed by atoms with Gasteiger partial charge in [0.05, 0.1) is 0 Å². The van der Waals surface area contributed by atoms with Crippen LogP contribution in [0.2, 0.25) is 0 Å². The molecule has 0 atom stereocenters. The number of aromatic hydroxyl groups is 2. The molecule has 0 saturated heterocycles. The molecule has 0 unspecified atom stereocenters. The van der Waals surface area contributed by atoms with E-state index in [2.05, 4.69) is 4.42 Å². The number of furan rings is 1. The van der Waals surface area contributed by atoms with E-state index in [1.165, 1.54) is 0 Å². The lowest BCUT2D eigenvalue weighted by molar-refractivity contribution is -0.122. The fourth-order valence-corrected chi connectivity index (χ4v) is 0.284. The molecule has 0 aromatic carbocycles. The first-order chi connectivity index (χ1) is 4.72. The molecule has 0 aliphatic rings. The third kappa shape index (κ3) is 2.61. The summed E-state index contributed by atoms with van der Waals surface area (Å²) >= 11 is 0. The van der Waals surface area contributed by atoms with Gasteiger partial charge in [-0.2, -0.15) is 0 Å². The molecule has 0 bridgehead atoms. The summed E-state index contributed by atoms with van der Waals surface area (Å²) in [6, 6.07) is 0. The van der Waals surface area contributed by atoms with Gasteiger partial charge in [-0.05, 0) is 0 Å². The largest absolute Gasteiger partial charge is 0.502 e. The van der Waals surface area contributed by atoms with Gasteiger partial charge in [0.25, 0.3) is 6.47 Å². The standard InChI is InChI=1S/C4H4O3.CH2O2/c5-3-1-7-2-4(3)6;2-1-3/h1-2,5-6H;1H,(H,2,3). The molecule has 10 heavy (non-hydrogen) atoms. The van der Waals surface area contributed by atoms with E-state index in [9.17, 15) is 0 Å². The highest BCUT2D eigenvalue weighted by Gasteiger charge is 1.95. The van der Waals surface area contributed by atoms with E-state index in [-0.39, 0.29) is 18.0 Å². The summed E-state index contributed by atoms with van der Waals surface area (Å²) in [7, 11) is 0. The van der Waals surface area contributed by atoms with Crippen LogP contribution in [0.3, 0.4) is 0 Å². The number of carboxylic acid groups (broad SMARTS) is 1. The highest BCUT2D eigenvalue weighted by molar-refractivity contribution is 5.32. The molecule has 1 rings (SSSR count). The van der Waals surface area contributed by atoms with Gasteiger partial charge >= 0.3 is 0 Å². The average molecular weight is 146 g/mol. The normalized spacial score (nSPS) is 7.60. The van der Waals surface area contributed by atoms with Crippen molar-refractivity contribution in [2.45, 2.75) is 0 Å². The van der Waals surface area contributed by atoms with Gasteiger partial charge in [0.15, 0.2) is 11.5 Å². The van der Waals surface area contributed by atoms with Crippen molar-refractivity contribution in [3.63, 3.8) is 0 Å². The Morgan fingerprint density at radius 1 is 1.30 bits per heavy atom. The quantitative estimate of drug-likeness (QED) is 0.460. The Balaban J connectivity index is 0.000000236. The molecule has 1 aromatic rings. The van der Waals surface area contributed by atoms with E-state index < -0.39 is 0 Å². The molecule has 5 nitrogen and oxygen atoms in total. The monoisotopic (exact) mass is 146 g/mol. The molecule has 1 heterocycles. The molecule has 0 radical (unpaired) electrons. The van der Waals surface area contributed by atoms with Gasteiger partial charge in [-0.25, -0.2) is 0 Å². The van der Waals surface area contributed by atoms with Gasteiger partial charge in [0.1, 0.15) is 12.5 Å². The van der Waals surface area contributed by atoms with Gasteiger partial charge in [-0.15, -0.1) is 0 Å². The third-order valence-electron chi connectivity index (χ3n) is 0.622. The van der Waals surface area contributed by atoms with Crippen LogP contribution in [0.25, 0.3) is 0 Å². The van der Waals surface area contributed by atoms with Crippen LogP contribution in [0.1, 0.15) is 0 Å². The van der Waals surface area contributed by atoms with Crippen molar-refractivity contribution in [2.24, 2.45) is 0 Å². The Bertz CT molecular complexity index is 175. The van der Waals surface area contributed by atoms with Crippen LogP contribution >= 0.6 is 0 Å². The number of hydrogen-bond acceptors (Lipinski definition) is 4. The molecule has 0 amide bonds. The summed E-state index contributed by atoms with van der Waals surface area (Å²) in [4.78, 5) is 8.36. The first kappa shape index (κ1) is 8.35. The fourth-order valence-electron chi connectivity index (χ4n) is 0.284. The molecular weight excluding hydrogens is 140 g/mol. The van der Waals surface area contributed by atoms with Gasteiger partial charge in [-0.3, -0.25) is 4.79 Å². The average Bonchev–Trinajstić information content (AvgIpc) is 2.19. The summed E-state index contributed by atoms with van der Waals surface area (Å²) < 4.78 is 4.34. The lowest BCUT2D eigenvalue weighted by Gasteiger charge is -1.76. The molecule has 0 aliphatic carbocycles. The second-order valence-corrected chi connectivity index (χ2v) is 1.25. The maximum Gasteiger partial charge on any atom is 0.290 e. The lowest BCUT2D eigenvalue weighted by atomic mass is 10.6. The van der Waals surface area contributed by atoms with Crippen molar-refractivity contribution < 1.29 is 24.5 Å². The topological polar surface area (TPSA) is 90.9 Å². The van der Waals surface area contributed by atoms with Crippen LogP contribution in [0.15, 0.2) is 16.9 Å². The number of rotatable bonds is 0. The molecule has 0 saturated carbocycles. The molecular formula is C5H6O5. The van der Waals surface area contributed by atoms with Crippen LogP contribution in [0.5, 0.6) is 11.5 Å². The van der Waals surface area contributed by atoms with E-state index in [0.717, 1.165) is 12.5 Å². The van der Waals surface area contributed by atoms with Crippen molar-refractivity contribution in [2.75, 3.05) is 0 Å². The lowest BCUT2D eigenvalue weighted by Crippen LogP contribution is -1.50. The zero-order valence-electron chi connectivity index (χ0n) is 4.89. The van der Waals surface area contributed by atoms with Crippen molar-refractivity contribution in [1.29, 1.82) is 0 Å². The van der Waals surface area contributed by atoms with E-state index in [4.69, 9.17) is 20.1 Å². The predicted octanol–water partition coefficient (Wildman–Crippen LogP) is 0.392. The minimum Gasteiger partial charge on any atom is -0.502 e. The minimum atomic E-state index is -0.250. The molecule has 3 N–H and O–H groups in total. The first-order valence-corrected chi connectivity index (χ1v) is 2.24. The number of carbonyl (C=O) groups is 1. The molecule has 0 fully saturated rings. The third-order valence-corrected chi connectivity index (χ3v) is 0.622. The van der Waals surface area contributed by atoms with E-state index >= 15 is 0 Å². The van der Waals surface area contributed by atoms with Crippen LogP contribution in [-0.4, -0.2) is 21.8 Å². The zero-order chi connectivity index (χ0) is 7.98. The van der Waals surface area contributed by atoms with Crippen LogP contribution in [-0.2, 0) is 4.79 Å². The summed E-state index contributed by atoms with van der Waals surface area (Å²) in [5.41, 5.74) is 0. The SMILES string of the molecule is O=CO.Oc1cocc1O. The predicted molar refractivity (Wildman–Crippen MR) is 30.7 cm³/mol. The van der Waals surface area contributed by atoms with Crippen LogP contribution in [0.4, 0.5) is 0 Å². The van der Waals surface area contributed by atoms with Crippen molar-refractivity contribution in [3.8, 4) is 11.5 Å². The second-order valence-electron chi connectivity index (χ2n) is 1.25. The molecule has 1 aromatic heterocycles. The summed E-state index contributed by atoms with van der Waals surface area (Å²) in [6.45, 7) is -0.250. The smallest absolute Gasteiger partial charge is 0.290 e. The Labute approximate surface area is 56.1 Å². The van der Waals surface area contributed by atoms with Crippen molar-refractivity contribution in [1.82, 2.24) is 0 Å². The van der Waals surface area contributed by atoms with Gasteiger partial charge in [0.2, 0.25) is 0 Å². The van der Waals surface area contributed by atoms with Gasteiger partial charge in [-0.1, -0.05) is 0 Å². The number of hydrogen-bond donors (Lipinski definition) is 3. The van der Waals surface area contributed by atoms with Crippen LogP contribution < -0.4 is 0 Å². The maximum absolute atomic E-state index is 8.42. The fraction of sp³-hybridized carbons (Fsp3) is 0.